The van der Waals surface area contributed by atoms with E-state index in [1.165, 1.54) is 4.31 Å². The fourth-order valence-electron chi connectivity index (χ4n) is 3.56. The third-order valence-corrected chi connectivity index (χ3v) is 7.00. The predicted octanol–water partition coefficient (Wildman–Crippen LogP) is 2.63. The second-order valence-electron chi connectivity index (χ2n) is 7.26. The highest BCUT2D eigenvalue weighted by molar-refractivity contribution is 7.92. The SMILES string of the molecule is Cc1ccc(C(=O)NCc2ccc3c(c2)OCCO3)cc1N1CCCCS1(=O)=O. The highest BCUT2D eigenvalue weighted by Crippen LogP contribution is 2.31. The number of amides is 1. The van der Waals surface area contributed by atoms with Gasteiger partial charge in [0.15, 0.2) is 11.5 Å². The summed E-state index contributed by atoms with van der Waals surface area (Å²) in [7, 11) is -3.33. The molecular weight excluding hydrogens is 392 g/mol. The Hall–Kier alpha value is -2.74. The molecule has 2 aliphatic heterocycles. The zero-order valence-electron chi connectivity index (χ0n) is 16.3. The van der Waals surface area contributed by atoms with Crippen molar-refractivity contribution in [3.05, 3.63) is 53.1 Å². The lowest BCUT2D eigenvalue weighted by molar-refractivity contribution is 0.0950. The Bertz CT molecular complexity index is 1040. The minimum Gasteiger partial charge on any atom is -0.486 e. The summed E-state index contributed by atoms with van der Waals surface area (Å²) in [5.74, 6) is 1.27. The van der Waals surface area contributed by atoms with Crippen LogP contribution in [0.1, 0.15) is 34.3 Å². The average Bonchev–Trinajstić information content (AvgIpc) is 2.72. The first kappa shape index (κ1) is 19.6. The van der Waals surface area contributed by atoms with Gasteiger partial charge in [-0.2, -0.15) is 0 Å². The molecule has 4 rings (SSSR count). The Labute approximate surface area is 170 Å². The maximum atomic E-state index is 12.7. The molecule has 1 N–H and O–H groups in total. The molecule has 0 saturated carbocycles. The number of anilines is 1. The van der Waals surface area contributed by atoms with E-state index in [-0.39, 0.29) is 11.7 Å². The van der Waals surface area contributed by atoms with Crippen LogP contribution in [0.3, 0.4) is 0 Å². The minimum atomic E-state index is -3.33. The number of hydrogen-bond donors (Lipinski definition) is 1. The van der Waals surface area contributed by atoms with Gasteiger partial charge in [0, 0.05) is 18.7 Å². The molecule has 0 bridgehead atoms. The van der Waals surface area contributed by atoms with Gasteiger partial charge in [-0.3, -0.25) is 9.10 Å². The highest BCUT2D eigenvalue weighted by atomic mass is 32.2. The summed E-state index contributed by atoms with van der Waals surface area (Å²) in [4.78, 5) is 12.7. The number of aryl methyl sites for hydroxylation is 1. The quantitative estimate of drug-likeness (QED) is 0.828. The summed E-state index contributed by atoms with van der Waals surface area (Å²) in [6.45, 7) is 3.68. The van der Waals surface area contributed by atoms with E-state index in [9.17, 15) is 13.2 Å². The molecule has 2 aliphatic rings. The summed E-state index contributed by atoms with van der Waals surface area (Å²) in [6, 6.07) is 10.7. The van der Waals surface area contributed by atoms with E-state index in [0.29, 0.717) is 55.5 Å². The van der Waals surface area contributed by atoms with Crippen molar-refractivity contribution in [3.63, 3.8) is 0 Å². The fourth-order valence-corrected chi connectivity index (χ4v) is 5.25. The molecule has 1 saturated heterocycles. The molecule has 1 fully saturated rings. The van der Waals surface area contributed by atoms with Crippen LogP contribution in [0.2, 0.25) is 0 Å². The predicted molar refractivity (Wildman–Crippen MR) is 110 cm³/mol. The number of nitrogens with one attached hydrogen (secondary N) is 1. The van der Waals surface area contributed by atoms with Crippen molar-refractivity contribution in [1.82, 2.24) is 5.32 Å². The number of fused-ring (bicyclic) bond motifs is 1. The number of ether oxygens (including phenoxy) is 2. The van der Waals surface area contributed by atoms with E-state index in [0.717, 1.165) is 17.5 Å². The first-order chi connectivity index (χ1) is 13.9. The van der Waals surface area contributed by atoms with Crippen molar-refractivity contribution in [2.45, 2.75) is 26.3 Å². The summed E-state index contributed by atoms with van der Waals surface area (Å²) < 4.78 is 37.4. The molecule has 29 heavy (non-hydrogen) atoms. The molecule has 0 spiro atoms. The summed E-state index contributed by atoms with van der Waals surface area (Å²) in [5, 5.41) is 2.89. The van der Waals surface area contributed by atoms with Gasteiger partial charge in [0.2, 0.25) is 10.0 Å². The van der Waals surface area contributed by atoms with Crippen LogP contribution in [0.5, 0.6) is 11.5 Å². The molecule has 0 aromatic heterocycles. The molecule has 0 aliphatic carbocycles. The lowest BCUT2D eigenvalue weighted by Crippen LogP contribution is -2.38. The number of benzene rings is 2. The van der Waals surface area contributed by atoms with Gasteiger partial charge in [-0.25, -0.2) is 8.42 Å². The van der Waals surface area contributed by atoms with Gasteiger partial charge < -0.3 is 14.8 Å². The zero-order chi connectivity index (χ0) is 20.4. The van der Waals surface area contributed by atoms with Gasteiger partial charge >= 0.3 is 0 Å². The number of nitrogens with zero attached hydrogens (tertiary/aromatic N) is 1. The topological polar surface area (TPSA) is 84.9 Å². The van der Waals surface area contributed by atoms with Crippen LogP contribution < -0.4 is 19.1 Å². The normalized spacial score (nSPS) is 17.6. The van der Waals surface area contributed by atoms with Crippen LogP contribution in [-0.2, 0) is 16.6 Å². The fraction of sp³-hybridized carbons (Fsp3) is 0.381. The van der Waals surface area contributed by atoms with Gasteiger partial charge in [-0.15, -0.1) is 0 Å². The first-order valence-corrected chi connectivity index (χ1v) is 11.3. The highest BCUT2D eigenvalue weighted by Gasteiger charge is 2.27. The molecule has 2 aromatic carbocycles. The van der Waals surface area contributed by atoms with E-state index in [2.05, 4.69) is 5.32 Å². The Morgan fingerprint density at radius 3 is 2.66 bits per heavy atom. The summed E-state index contributed by atoms with van der Waals surface area (Å²) >= 11 is 0. The molecule has 2 aromatic rings. The number of hydrogen-bond acceptors (Lipinski definition) is 5. The van der Waals surface area contributed by atoms with Gasteiger partial charge in [0.25, 0.3) is 5.91 Å². The van der Waals surface area contributed by atoms with Gasteiger partial charge in [-0.1, -0.05) is 12.1 Å². The van der Waals surface area contributed by atoms with Crippen molar-refractivity contribution in [2.24, 2.45) is 0 Å². The average molecular weight is 416 g/mol. The number of carbonyl (C=O) groups excluding carboxylic acids is 1. The van der Waals surface area contributed by atoms with Crippen molar-refractivity contribution >= 4 is 21.6 Å². The van der Waals surface area contributed by atoms with E-state index < -0.39 is 10.0 Å². The number of rotatable bonds is 4. The maximum absolute atomic E-state index is 12.7. The Morgan fingerprint density at radius 1 is 1.07 bits per heavy atom. The number of sulfonamides is 1. The Kier molecular flexibility index (Phi) is 5.36. The second-order valence-corrected chi connectivity index (χ2v) is 9.27. The zero-order valence-corrected chi connectivity index (χ0v) is 17.1. The van der Waals surface area contributed by atoms with Crippen LogP contribution >= 0.6 is 0 Å². The standard InChI is InChI=1S/C21H24N2O5S/c1-15-4-6-17(13-18(15)23-8-2-3-11-29(23,25)26)21(24)22-14-16-5-7-19-20(12-16)28-10-9-27-19/h4-7,12-13H,2-3,8-11,14H2,1H3,(H,22,24). The molecular formula is C21H24N2O5S. The molecule has 0 radical (unpaired) electrons. The number of carbonyl (C=O) groups is 1. The largest absolute Gasteiger partial charge is 0.486 e. The monoisotopic (exact) mass is 416 g/mol. The third kappa shape index (κ3) is 4.17. The molecule has 2 heterocycles. The van der Waals surface area contributed by atoms with Crippen LogP contribution in [0.15, 0.2) is 36.4 Å². The summed E-state index contributed by atoms with van der Waals surface area (Å²) in [5.41, 5.74) is 2.74. The minimum absolute atomic E-state index is 0.146. The van der Waals surface area contributed by atoms with Crippen LogP contribution in [-0.4, -0.2) is 39.8 Å². The van der Waals surface area contributed by atoms with Crippen LogP contribution in [0, 0.1) is 6.92 Å². The molecule has 0 unspecified atom stereocenters. The van der Waals surface area contributed by atoms with Crippen molar-refractivity contribution in [2.75, 3.05) is 29.8 Å². The first-order valence-electron chi connectivity index (χ1n) is 9.72. The van der Waals surface area contributed by atoms with Gasteiger partial charge in [0.05, 0.1) is 11.4 Å². The summed E-state index contributed by atoms with van der Waals surface area (Å²) in [6.07, 6.45) is 1.49. The lowest BCUT2D eigenvalue weighted by atomic mass is 10.1. The van der Waals surface area contributed by atoms with Crippen molar-refractivity contribution in [1.29, 1.82) is 0 Å². The Balaban J connectivity index is 1.49. The molecule has 7 nitrogen and oxygen atoms in total. The molecule has 8 heteroatoms. The molecule has 0 atom stereocenters. The van der Waals surface area contributed by atoms with Crippen molar-refractivity contribution < 1.29 is 22.7 Å². The van der Waals surface area contributed by atoms with Crippen LogP contribution in [0.25, 0.3) is 0 Å². The van der Waals surface area contributed by atoms with E-state index in [1.807, 2.05) is 25.1 Å². The Morgan fingerprint density at radius 2 is 1.86 bits per heavy atom. The maximum Gasteiger partial charge on any atom is 0.251 e. The lowest BCUT2D eigenvalue weighted by Gasteiger charge is -2.29. The smallest absolute Gasteiger partial charge is 0.251 e. The van der Waals surface area contributed by atoms with Gasteiger partial charge in [-0.05, 0) is 55.2 Å². The van der Waals surface area contributed by atoms with E-state index in [4.69, 9.17) is 9.47 Å². The van der Waals surface area contributed by atoms with E-state index >= 15 is 0 Å². The van der Waals surface area contributed by atoms with Gasteiger partial charge in [0.1, 0.15) is 13.2 Å². The second kappa shape index (κ2) is 7.94. The molecule has 154 valence electrons. The van der Waals surface area contributed by atoms with Crippen molar-refractivity contribution in [3.8, 4) is 11.5 Å². The third-order valence-electron chi connectivity index (χ3n) is 5.15. The molecule has 1 amide bonds. The van der Waals surface area contributed by atoms with Crippen LogP contribution in [0.4, 0.5) is 5.69 Å². The van der Waals surface area contributed by atoms with E-state index in [1.54, 1.807) is 18.2 Å².